The summed E-state index contributed by atoms with van der Waals surface area (Å²) in [5.41, 5.74) is 1.31. The lowest BCUT2D eigenvalue weighted by molar-refractivity contribution is 0.257. The predicted octanol–water partition coefficient (Wildman–Crippen LogP) is 4.22. The van der Waals surface area contributed by atoms with Gasteiger partial charge in [-0.3, -0.25) is 4.98 Å². The molecule has 0 saturated heterocycles. The van der Waals surface area contributed by atoms with Crippen molar-refractivity contribution < 1.29 is 9.84 Å². The van der Waals surface area contributed by atoms with Gasteiger partial charge in [-0.25, -0.2) is 0 Å². The van der Waals surface area contributed by atoms with Crippen molar-refractivity contribution in [2.45, 2.75) is 13.2 Å². The minimum Gasteiger partial charge on any atom is -0.485 e. The molecule has 0 unspecified atom stereocenters. The molecule has 1 aromatic heterocycles. The smallest absolute Gasteiger partial charge is 0.144 e. The third kappa shape index (κ3) is 3.83. The Bertz CT molecular complexity index is 576. The number of nitrogens with zero attached hydrogens (tertiary/aromatic N) is 1. The van der Waals surface area contributed by atoms with Gasteiger partial charge in [-0.1, -0.05) is 23.2 Å². The van der Waals surface area contributed by atoms with Crippen LogP contribution in [0.1, 0.15) is 11.3 Å². The highest BCUT2D eigenvalue weighted by atomic mass is 79.9. The van der Waals surface area contributed by atoms with Crippen molar-refractivity contribution in [2.24, 2.45) is 0 Å². The maximum Gasteiger partial charge on any atom is 0.144 e. The van der Waals surface area contributed by atoms with Crippen molar-refractivity contribution in [2.75, 3.05) is 0 Å². The Morgan fingerprint density at radius 3 is 2.68 bits per heavy atom. The van der Waals surface area contributed by atoms with Crippen LogP contribution in [0, 0.1) is 0 Å². The number of pyridine rings is 1. The van der Waals surface area contributed by atoms with E-state index in [0.717, 1.165) is 10.2 Å². The molecule has 6 heteroatoms. The quantitative estimate of drug-likeness (QED) is 0.885. The number of aliphatic hydroxyl groups is 1. The topological polar surface area (TPSA) is 42.4 Å². The molecule has 0 saturated carbocycles. The van der Waals surface area contributed by atoms with Crippen LogP contribution in [0.3, 0.4) is 0 Å². The molecule has 0 amide bonds. The second kappa shape index (κ2) is 6.57. The van der Waals surface area contributed by atoms with Crippen molar-refractivity contribution in [1.82, 2.24) is 4.98 Å². The lowest BCUT2D eigenvalue weighted by Crippen LogP contribution is -2.01. The molecule has 0 spiro atoms. The fourth-order valence-corrected chi connectivity index (χ4v) is 2.36. The first kappa shape index (κ1) is 14.6. The van der Waals surface area contributed by atoms with Crippen LogP contribution in [0.15, 0.2) is 34.9 Å². The van der Waals surface area contributed by atoms with Gasteiger partial charge in [-0.05, 0) is 40.2 Å². The highest BCUT2D eigenvalue weighted by Gasteiger charge is 2.10. The summed E-state index contributed by atoms with van der Waals surface area (Å²) in [5.74, 6) is 0.429. The monoisotopic (exact) mass is 361 g/mol. The second-order valence-electron chi connectivity index (χ2n) is 3.79. The number of halogens is 3. The highest BCUT2D eigenvalue weighted by molar-refractivity contribution is 9.10. The third-order valence-corrected chi connectivity index (χ3v) is 3.38. The molecule has 0 bridgehead atoms. The van der Waals surface area contributed by atoms with Crippen LogP contribution in [0.2, 0.25) is 10.0 Å². The zero-order chi connectivity index (χ0) is 13.8. The van der Waals surface area contributed by atoms with Crippen LogP contribution >= 0.6 is 39.1 Å². The van der Waals surface area contributed by atoms with E-state index >= 15 is 0 Å². The summed E-state index contributed by atoms with van der Waals surface area (Å²) >= 11 is 15.2. The van der Waals surface area contributed by atoms with Gasteiger partial charge in [0, 0.05) is 21.3 Å². The molecule has 0 atom stereocenters. The van der Waals surface area contributed by atoms with Gasteiger partial charge in [0.05, 0.1) is 17.3 Å². The average molecular weight is 363 g/mol. The third-order valence-electron chi connectivity index (χ3n) is 2.41. The molecule has 0 fully saturated rings. The Kier molecular flexibility index (Phi) is 5.05. The van der Waals surface area contributed by atoms with Crippen molar-refractivity contribution in [3.05, 3.63) is 56.2 Å². The lowest BCUT2D eigenvalue weighted by Gasteiger charge is -2.12. The maximum absolute atomic E-state index is 9.28. The Labute approximate surface area is 129 Å². The number of ether oxygens (including phenoxy) is 1. The highest BCUT2D eigenvalue weighted by Crippen LogP contribution is 2.33. The first-order chi connectivity index (χ1) is 9.10. The Balaban J connectivity index is 2.17. The Hall–Kier alpha value is -0.810. The van der Waals surface area contributed by atoms with Crippen LogP contribution in [-0.4, -0.2) is 10.1 Å². The zero-order valence-electron chi connectivity index (χ0n) is 9.74. The summed E-state index contributed by atoms with van der Waals surface area (Å²) in [4.78, 5) is 4.19. The van der Waals surface area contributed by atoms with E-state index in [0.29, 0.717) is 21.4 Å². The van der Waals surface area contributed by atoms with E-state index < -0.39 is 0 Å². The molecule has 0 radical (unpaired) electrons. The van der Waals surface area contributed by atoms with E-state index in [9.17, 15) is 5.11 Å². The second-order valence-corrected chi connectivity index (χ2v) is 5.55. The van der Waals surface area contributed by atoms with Gasteiger partial charge in [0.15, 0.2) is 0 Å². The van der Waals surface area contributed by atoms with E-state index in [1.165, 1.54) is 0 Å². The van der Waals surface area contributed by atoms with E-state index in [1.807, 2.05) is 12.1 Å². The molecule has 0 aliphatic rings. The first-order valence-corrected chi connectivity index (χ1v) is 6.97. The van der Waals surface area contributed by atoms with Crippen LogP contribution in [0.4, 0.5) is 0 Å². The lowest BCUT2D eigenvalue weighted by atomic mass is 10.2. The van der Waals surface area contributed by atoms with Crippen molar-refractivity contribution in [3.63, 3.8) is 0 Å². The standard InChI is InChI=1S/C13H10BrCl2NO2/c14-9-1-2-11(17-5-9)7-19-13-8(6-18)3-10(15)4-12(13)16/h1-5,18H,6-7H2. The number of benzene rings is 1. The summed E-state index contributed by atoms with van der Waals surface area (Å²) in [6.07, 6.45) is 1.69. The van der Waals surface area contributed by atoms with E-state index in [4.69, 9.17) is 27.9 Å². The van der Waals surface area contributed by atoms with Crippen LogP contribution in [0.25, 0.3) is 0 Å². The van der Waals surface area contributed by atoms with Gasteiger partial charge in [-0.15, -0.1) is 0 Å². The number of rotatable bonds is 4. The molecule has 0 aliphatic carbocycles. The van der Waals surface area contributed by atoms with E-state index in [1.54, 1.807) is 18.3 Å². The average Bonchev–Trinajstić information content (AvgIpc) is 2.39. The van der Waals surface area contributed by atoms with Crippen molar-refractivity contribution in [1.29, 1.82) is 0 Å². The van der Waals surface area contributed by atoms with Gasteiger partial charge in [-0.2, -0.15) is 0 Å². The van der Waals surface area contributed by atoms with Crippen LogP contribution in [0.5, 0.6) is 5.75 Å². The van der Waals surface area contributed by atoms with Crippen LogP contribution < -0.4 is 4.74 Å². The SMILES string of the molecule is OCc1cc(Cl)cc(Cl)c1OCc1ccc(Br)cn1. The molecular weight excluding hydrogens is 353 g/mol. The van der Waals surface area contributed by atoms with Crippen LogP contribution in [-0.2, 0) is 13.2 Å². The number of aliphatic hydroxyl groups excluding tert-OH is 1. The fraction of sp³-hybridized carbons (Fsp3) is 0.154. The molecule has 2 aromatic rings. The minimum absolute atomic E-state index is 0.191. The van der Waals surface area contributed by atoms with Crippen molar-refractivity contribution in [3.8, 4) is 5.75 Å². The van der Waals surface area contributed by atoms with Gasteiger partial charge >= 0.3 is 0 Å². The van der Waals surface area contributed by atoms with E-state index in [2.05, 4.69) is 20.9 Å². The molecule has 100 valence electrons. The van der Waals surface area contributed by atoms with Gasteiger partial charge in [0.1, 0.15) is 12.4 Å². The summed E-state index contributed by atoms with van der Waals surface area (Å²) in [6.45, 7) is 0.0744. The largest absolute Gasteiger partial charge is 0.485 e. The first-order valence-electron chi connectivity index (χ1n) is 5.42. The Morgan fingerprint density at radius 2 is 2.05 bits per heavy atom. The molecule has 0 aliphatic heterocycles. The molecule has 3 nitrogen and oxygen atoms in total. The summed E-state index contributed by atoms with van der Waals surface area (Å²) in [5, 5.41) is 10.1. The number of hydrogen-bond donors (Lipinski definition) is 1. The molecule has 1 aromatic carbocycles. The normalized spacial score (nSPS) is 10.5. The molecule has 2 rings (SSSR count). The molecule has 19 heavy (non-hydrogen) atoms. The summed E-state index contributed by atoms with van der Waals surface area (Å²) in [7, 11) is 0. The number of hydrogen-bond acceptors (Lipinski definition) is 3. The van der Waals surface area contributed by atoms with Gasteiger partial charge < -0.3 is 9.84 Å². The maximum atomic E-state index is 9.28. The summed E-state index contributed by atoms with van der Waals surface area (Å²) in [6, 6.07) is 6.92. The van der Waals surface area contributed by atoms with Gasteiger partial charge in [0.25, 0.3) is 0 Å². The summed E-state index contributed by atoms with van der Waals surface area (Å²) < 4.78 is 6.51. The minimum atomic E-state index is -0.191. The van der Waals surface area contributed by atoms with E-state index in [-0.39, 0.29) is 13.2 Å². The Morgan fingerprint density at radius 1 is 1.26 bits per heavy atom. The fourth-order valence-electron chi connectivity index (χ4n) is 1.53. The van der Waals surface area contributed by atoms with Gasteiger partial charge in [0.2, 0.25) is 0 Å². The number of aromatic nitrogens is 1. The molecule has 1 heterocycles. The molecule has 1 N–H and O–H groups in total. The zero-order valence-corrected chi connectivity index (χ0v) is 12.8. The predicted molar refractivity (Wildman–Crippen MR) is 78.7 cm³/mol. The van der Waals surface area contributed by atoms with Crippen molar-refractivity contribution >= 4 is 39.1 Å². The molecular formula is C13H10BrCl2NO2.